The SMILES string of the molecule is NC1(CCN2CCC(N3CCCC3)C2)CCCC1. The van der Waals surface area contributed by atoms with Crippen LogP contribution < -0.4 is 5.73 Å². The molecule has 2 aliphatic heterocycles. The summed E-state index contributed by atoms with van der Waals surface area (Å²) in [4.78, 5) is 5.38. The average Bonchev–Trinajstić information content (AvgIpc) is 3.08. The number of hydrogen-bond acceptors (Lipinski definition) is 3. The van der Waals surface area contributed by atoms with Gasteiger partial charge in [-0.15, -0.1) is 0 Å². The van der Waals surface area contributed by atoms with E-state index in [1.54, 1.807) is 0 Å². The van der Waals surface area contributed by atoms with Crippen molar-refractivity contribution < 1.29 is 0 Å². The fourth-order valence-corrected chi connectivity index (χ4v) is 4.13. The Morgan fingerprint density at radius 2 is 1.72 bits per heavy atom. The maximum atomic E-state index is 6.46. The molecule has 0 bridgehead atoms. The second kappa shape index (κ2) is 5.48. The number of likely N-dealkylation sites (tertiary alicyclic amines) is 2. The topological polar surface area (TPSA) is 32.5 Å². The first kappa shape index (κ1) is 12.9. The molecule has 3 aliphatic rings. The third kappa shape index (κ3) is 2.89. The van der Waals surface area contributed by atoms with Crippen molar-refractivity contribution in [2.24, 2.45) is 5.73 Å². The van der Waals surface area contributed by atoms with Gasteiger partial charge in [-0.05, 0) is 64.7 Å². The molecule has 1 atom stereocenters. The molecule has 3 fully saturated rings. The minimum absolute atomic E-state index is 0.186. The maximum Gasteiger partial charge on any atom is 0.0235 e. The van der Waals surface area contributed by atoms with Gasteiger partial charge in [-0.2, -0.15) is 0 Å². The zero-order valence-electron chi connectivity index (χ0n) is 11.7. The minimum Gasteiger partial charge on any atom is -0.325 e. The van der Waals surface area contributed by atoms with Crippen LogP contribution in [0, 0.1) is 0 Å². The van der Waals surface area contributed by atoms with Gasteiger partial charge in [-0.3, -0.25) is 4.90 Å². The van der Waals surface area contributed by atoms with Crippen molar-refractivity contribution in [2.45, 2.75) is 62.9 Å². The fraction of sp³-hybridized carbons (Fsp3) is 1.00. The first-order valence-electron chi connectivity index (χ1n) is 8.01. The molecule has 2 N–H and O–H groups in total. The Kier molecular flexibility index (Phi) is 3.92. The highest BCUT2D eigenvalue weighted by Gasteiger charge is 2.32. The largest absolute Gasteiger partial charge is 0.325 e. The predicted octanol–water partition coefficient (Wildman–Crippen LogP) is 1.82. The Labute approximate surface area is 112 Å². The van der Waals surface area contributed by atoms with E-state index in [-0.39, 0.29) is 5.54 Å². The van der Waals surface area contributed by atoms with Crippen molar-refractivity contribution in [3.63, 3.8) is 0 Å². The molecule has 0 aromatic rings. The smallest absolute Gasteiger partial charge is 0.0235 e. The van der Waals surface area contributed by atoms with E-state index in [4.69, 9.17) is 5.73 Å². The van der Waals surface area contributed by atoms with Gasteiger partial charge in [0.15, 0.2) is 0 Å². The molecule has 0 aromatic heterocycles. The Bertz CT molecular complexity index is 267. The molecule has 0 spiro atoms. The van der Waals surface area contributed by atoms with E-state index in [1.165, 1.54) is 84.1 Å². The van der Waals surface area contributed by atoms with Gasteiger partial charge in [-0.1, -0.05) is 12.8 Å². The van der Waals surface area contributed by atoms with Crippen molar-refractivity contribution in [3.05, 3.63) is 0 Å². The van der Waals surface area contributed by atoms with Gasteiger partial charge in [0.05, 0.1) is 0 Å². The van der Waals surface area contributed by atoms with Crippen LogP contribution >= 0.6 is 0 Å². The fourth-order valence-electron chi connectivity index (χ4n) is 4.13. The summed E-state index contributed by atoms with van der Waals surface area (Å²) in [6, 6.07) is 0.852. The van der Waals surface area contributed by atoms with E-state index in [2.05, 4.69) is 9.80 Å². The van der Waals surface area contributed by atoms with Gasteiger partial charge in [0.25, 0.3) is 0 Å². The van der Waals surface area contributed by atoms with Gasteiger partial charge in [0, 0.05) is 18.1 Å². The van der Waals surface area contributed by atoms with Crippen molar-refractivity contribution in [2.75, 3.05) is 32.7 Å². The van der Waals surface area contributed by atoms with Crippen LogP contribution in [-0.2, 0) is 0 Å². The quantitative estimate of drug-likeness (QED) is 0.827. The van der Waals surface area contributed by atoms with Gasteiger partial charge in [0.1, 0.15) is 0 Å². The zero-order valence-corrected chi connectivity index (χ0v) is 11.7. The number of nitrogens with zero attached hydrogens (tertiary/aromatic N) is 2. The van der Waals surface area contributed by atoms with Crippen LogP contribution in [0.4, 0.5) is 0 Å². The molecule has 3 heteroatoms. The van der Waals surface area contributed by atoms with E-state index >= 15 is 0 Å². The van der Waals surface area contributed by atoms with E-state index in [1.807, 2.05) is 0 Å². The van der Waals surface area contributed by atoms with Gasteiger partial charge in [-0.25, -0.2) is 0 Å². The molecule has 0 aromatic carbocycles. The summed E-state index contributed by atoms with van der Waals surface area (Å²) in [6.07, 6.45) is 10.7. The molecule has 1 unspecified atom stereocenters. The molecule has 0 amide bonds. The summed E-state index contributed by atoms with van der Waals surface area (Å²) < 4.78 is 0. The molecule has 3 nitrogen and oxygen atoms in total. The van der Waals surface area contributed by atoms with Gasteiger partial charge in [0.2, 0.25) is 0 Å². The lowest BCUT2D eigenvalue weighted by atomic mass is 9.94. The highest BCUT2D eigenvalue weighted by molar-refractivity contribution is 4.92. The van der Waals surface area contributed by atoms with Crippen LogP contribution in [0.2, 0.25) is 0 Å². The lowest BCUT2D eigenvalue weighted by Gasteiger charge is -2.27. The van der Waals surface area contributed by atoms with E-state index in [0.29, 0.717) is 0 Å². The second-order valence-electron chi connectivity index (χ2n) is 6.81. The van der Waals surface area contributed by atoms with Crippen LogP contribution in [0.5, 0.6) is 0 Å². The van der Waals surface area contributed by atoms with Crippen molar-refractivity contribution in [1.82, 2.24) is 9.80 Å². The lowest BCUT2D eigenvalue weighted by Crippen LogP contribution is -2.41. The lowest BCUT2D eigenvalue weighted by molar-refractivity contribution is 0.222. The number of rotatable bonds is 4. The van der Waals surface area contributed by atoms with E-state index in [9.17, 15) is 0 Å². The molecule has 1 saturated carbocycles. The standard InChI is InChI=1S/C15H29N3/c16-15(6-1-2-7-15)8-12-17-11-5-14(13-17)18-9-3-4-10-18/h14H,1-13,16H2. The van der Waals surface area contributed by atoms with Gasteiger partial charge >= 0.3 is 0 Å². The Balaban J connectivity index is 1.42. The summed E-state index contributed by atoms with van der Waals surface area (Å²) >= 11 is 0. The van der Waals surface area contributed by atoms with Crippen molar-refractivity contribution >= 4 is 0 Å². The Morgan fingerprint density at radius 3 is 2.44 bits per heavy atom. The van der Waals surface area contributed by atoms with Crippen LogP contribution in [0.1, 0.15) is 51.4 Å². The first-order valence-corrected chi connectivity index (χ1v) is 8.01. The maximum absolute atomic E-state index is 6.46. The normalized spacial score (nSPS) is 33.5. The van der Waals surface area contributed by atoms with Crippen molar-refractivity contribution in [3.8, 4) is 0 Å². The van der Waals surface area contributed by atoms with Gasteiger partial charge < -0.3 is 10.6 Å². The van der Waals surface area contributed by atoms with E-state index in [0.717, 1.165) is 6.04 Å². The van der Waals surface area contributed by atoms with Crippen LogP contribution in [0.15, 0.2) is 0 Å². The van der Waals surface area contributed by atoms with Crippen LogP contribution in [-0.4, -0.2) is 54.1 Å². The van der Waals surface area contributed by atoms with Crippen LogP contribution in [0.3, 0.4) is 0 Å². The molecule has 0 radical (unpaired) electrons. The molecular formula is C15H29N3. The average molecular weight is 251 g/mol. The van der Waals surface area contributed by atoms with Crippen LogP contribution in [0.25, 0.3) is 0 Å². The summed E-state index contributed by atoms with van der Waals surface area (Å²) in [5.41, 5.74) is 6.64. The summed E-state index contributed by atoms with van der Waals surface area (Å²) in [6.45, 7) is 6.53. The summed E-state index contributed by atoms with van der Waals surface area (Å²) in [7, 11) is 0. The Hall–Kier alpha value is -0.120. The third-order valence-corrected chi connectivity index (χ3v) is 5.43. The first-order chi connectivity index (χ1) is 8.75. The summed E-state index contributed by atoms with van der Waals surface area (Å²) in [5.74, 6) is 0. The minimum atomic E-state index is 0.186. The molecule has 2 heterocycles. The zero-order chi connectivity index (χ0) is 12.4. The number of hydrogen-bond donors (Lipinski definition) is 1. The predicted molar refractivity (Wildman–Crippen MR) is 75.7 cm³/mol. The third-order valence-electron chi connectivity index (χ3n) is 5.43. The molecular weight excluding hydrogens is 222 g/mol. The van der Waals surface area contributed by atoms with Crippen molar-refractivity contribution in [1.29, 1.82) is 0 Å². The Morgan fingerprint density at radius 1 is 1.00 bits per heavy atom. The molecule has 2 saturated heterocycles. The monoisotopic (exact) mass is 251 g/mol. The highest BCUT2D eigenvalue weighted by Crippen LogP contribution is 2.30. The molecule has 104 valence electrons. The molecule has 18 heavy (non-hydrogen) atoms. The highest BCUT2D eigenvalue weighted by atomic mass is 15.3. The second-order valence-corrected chi connectivity index (χ2v) is 6.81. The molecule has 3 rings (SSSR count). The summed E-state index contributed by atoms with van der Waals surface area (Å²) in [5, 5.41) is 0. The molecule has 1 aliphatic carbocycles. The number of nitrogens with two attached hydrogens (primary N) is 1. The van der Waals surface area contributed by atoms with E-state index < -0.39 is 0 Å².